The van der Waals surface area contributed by atoms with Gasteiger partial charge in [-0.3, -0.25) is 4.79 Å². The fourth-order valence-electron chi connectivity index (χ4n) is 1.33. The Bertz CT molecular complexity index is 468. The molecule has 0 aliphatic carbocycles. The van der Waals surface area contributed by atoms with E-state index in [4.69, 9.17) is 5.73 Å². The zero-order valence-electron chi connectivity index (χ0n) is 9.71. The topological polar surface area (TPSA) is 89.3 Å². The molecule has 2 atom stereocenters. The standard InChI is InChI=1S/C10H16N2O3S2/c1-3-7(2)9(10(11)13)12-17(14,15)8-5-4-6-16-8/h4-7,9,12H,3H2,1-2H3,(H2,11,13)/t7-,9-/m0/s1. The van der Waals surface area contributed by atoms with E-state index in [2.05, 4.69) is 4.72 Å². The average molecular weight is 276 g/mol. The number of sulfonamides is 1. The summed E-state index contributed by atoms with van der Waals surface area (Å²) in [5.74, 6) is -0.790. The van der Waals surface area contributed by atoms with E-state index in [9.17, 15) is 13.2 Å². The van der Waals surface area contributed by atoms with Crippen molar-refractivity contribution in [2.24, 2.45) is 11.7 Å². The molecule has 96 valence electrons. The highest BCUT2D eigenvalue weighted by Crippen LogP contribution is 2.17. The Labute approximate surface area is 105 Å². The molecule has 0 radical (unpaired) electrons. The van der Waals surface area contributed by atoms with E-state index in [0.29, 0.717) is 6.42 Å². The van der Waals surface area contributed by atoms with E-state index >= 15 is 0 Å². The number of carbonyl (C=O) groups is 1. The zero-order valence-corrected chi connectivity index (χ0v) is 11.3. The molecule has 0 saturated carbocycles. The molecule has 1 aromatic heterocycles. The van der Waals surface area contributed by atoms with E-state index in [-0.39, 0.29) is 10.1 Å². The van der Waals surface area contributed by atoms with Crippen LogP contribution in [0.3, 0.4) is 0 Å². The first-order valence-corrected chi connectivity index (χ1v) is 7.60. The lowest BCUT2D eigenvalue weighted by Gasteiger charge is -2.20. The van der Waals surface area contributed by atoms with Crippen LogP contribution in [0.2, 0.25) is 0 Å². The largest absolute Gasteiger partial charge is 0.368 e. The average Bonchev–Trinajstić information content (AvgIpc) is 2.78. The number of nitrogens with one attached hydrogen (secondary N) is 1. The number of carbonyl (C=O) groups excluding carboxylic acids is 1. The molecular formula is C10H16N2O3S2. The van der Waals surface area contributed by atoms with Gasteiger partial charge in [0.2, 0.25) is 5.91 Å². The van der Waals surface area contributed by atoms with Crippen LogP contribution >= 0.6 is 11.3 Å². The van der Waals surface area contributed by atoms with E-state index < -0.39 is 22.0 Å². The molecule has 0 aliphatic rings. The van der Waals surface area contributed by atoms with Crippen LogP contribution in [0.15, 0.2) is 21.7 Å². The highest BCUT2D eigenvalue weighted by atomic mass is 32.2. The van der Waals surface area contributed by atoms with Gasteiger partial charge >= 0.3 is 0 Å². The minimum Gasteiger partial charge on any atom is -0.368 e. The lowest BCUT2D eigenvalue weighted by molar-refractivity contribution is -0.120. The van der Waals surface area contributed by atoms with Crippen molar-refractivity contribution in [2.45, 2.75) is 30.5 Å². The second kappa shape index (κ2) is 5.61. The van der Waals surface area contributed by atoms with E-state index in [1.165, 1.54) is 6.07 Å². The summed E-state index contributed by atoms with van der Waals surface area (Å²) in [6.07, 6.45) is 0.667. The van der Waals surface area contributed by atoms with E-state index in [0.717, 1.165) is 11.3 Å². The van der Waals surface area contributed by atoms with E-state index in [1.54, 1.807) is 18.4 Å². The van der Waals surface area contributed by atoms with Gasteiger partial charge in [-0.25, -0.2) is 8.42 Å². The Hall–Kier alpha value is -0.920. The van der Waals surface area contributed by atoms with Crippen molar-refractivity contribution >= 4 is 27.3 Å². The highest BCUT2D eigenvalue weighted by molar-refractivity contribution is 7.91. The molecule has 0 saturated heterocycles. The second-order valence-corrected chi connectivity index (χ2v) is 6.71. The second-order valence-electron chi connectivity index (χ2n) is 3.82. The van der Waals surface area contributed by atoms with Gasteiger partial charge in [0.1, 0.15) is 10.3 Å². The van der Waals surface area contributed by atoms with Gasteiger partial charge in [-0.15, -0.1) is 11.3 Å². The molecule has 0 aliphatic heterocycles. The first-order valence-electron chi connectivity index (χ1n) is 5.23. The van der Waals surface area contributed by atoms with Gasteiger partial charge in [0.15, 0.2) is 0 Å². The van der Waals surface area contributed by atoms with Gasteiger partial charge in [-0.2, -0.15) is 4.72 Å². The predicted molar refractivity (Wildman–Crippen MR) is 67.1 cm³/mol. The third kappa shape index (κ3) is 3.52. The molecule has 0 unspecified atom stereocenters. The molecule has 1 heterocycles. The molecule has 5 nitrogen and oxygen atoms in total. The van der Waals surface area contributed by atoms with Crippen molar-refractivity contribution in [3.05, 3.63) is 17.5 Å². The summed E-state index contributed by atoms with van der Waals surface area (Å²) in [5.41, 5.74) is 5.21. The number of thiophene rings is 1. The first-order chi connectivity index (χ1) is 7.88. The Balaban J connectivity index is 2.92. The number of primary amides is 1. The number of amides is 1. The molecule has 0 bridgehead atoms. The van der Waals surface area contributed by atoms with Gasteiger partial charge in [0.25, 0.3) is 10.0 Å². The Morgan fingerprint density at radius 3 is 2.65 bits per heavy atom. The lowest BCUT2D eigenvalue weighted by atomic mass is 10.00. The van der Waals surface area contributed by atoms with Crippen molar-refractivity contribution in [3.8, 4) is 0 Å². The molecule has 1 amide bonds. The predicted octanol–water partition coefficient (Wildman–Crippen LogP) is 0.926. The maximum atomic E-state index is 11.9. The van der Waals surface area contributed by atoms with Gasteiger partial charge in [0.05, 0.1) is 0 Å². The minimum absolute atomic E-state index is 0.137. The van der Waals surface area contributed by atoms with Gasteiger partial charge in [-0.1, -0.05) is 26.3 Å². The molecule has 1 rings (SSSR count). The van der Waals surface area contributed by atoms with Crippen LogP contribution < -0.4 is 10.5 Å². The molecule has 7 heteroatoms. The minimum atomic E-state index is -3.65. The van der Waals surface area contributed by atoms with Crippen LogP contribution in [0.5, 0.6) is 0 Å². The number of nitrogens with two attached hydrogens (primary N) is 1. The maximum Gasteiger partial charge on any atom is 0.250 e. The fourth-order valence-corrected chi connectivity index (χ4v) is 3.65. The number of hydrogen-bond acceptors (Lipinski definition) is 4. The maximum absolute atomic E-state index is 11.9. The summed E-state index contributed by atoms with van der Waals surface area (Å²) in [6, 6.07) is 2.26. The Morgan fingerprint density at radius 1 is 1.59 bits per heavy atom. The molecule has 0 aromatic carbocycles. The molecule has 0 spiro atoms. The van der Waals surface area contributed by atoms with Crippen molar-refractivity contribution in [3.63, 3.8) is 0 Å². The van der Waals surface area contributed by atoms with Crippen molar-refractivity contribution < 1.29 is 13.2 Å². The Morgan fingerprint density at radius 2 is 2.24 bits per heavy atom. The highest BCUT2D eigenvalue weighted by Gasteiger charge is 2.28. The van der Waals surface area contributed by atoms with Crippen LogP contribution in [0, 0.1) is 5.92 Å². The van der Waals surface area contributed by atoms with Crippen LogP contribution in [0.4, 0.5) is 0 Å². The summed E-state index contributed by atoms with van der Waals surface area (Å²) in [5, 5.41) is 1.66. The number of hydrogen-bond donors (Lipinski definition) is 2. The Kier molecular flexibility index (Phi) is 4.67. The summed E-state index contributed by atoms with van der Waals surface area (Å²) >= 11 is 1.10. The van der Waals surface area contributed by atoms with Crippen molar-refractivity contribution in [1.82, 2.24) is 4.72 Å². The van der Waals surface area contributed by atoms with Crippen LogP contribution in [-0.4, -0.2) is 20.4 Å². The SMILES string of the molecule is CC[C@H](C)[C@H](NS(=O)(=O)c1cccs1)C(N)=O. The van der Waals surface area contributed by atoms with Crippen molar-refractivity contribution in [2.75, 3.05) is 0 Å². The van der Waals surface area contributed by atoms with Crippen molar-refractivity contribution in [1.29, 1.82) is 0 Å². The summed E-state index contributed by atoms with van der Waals surface area (Å²) < 4.78 is 26.4. The van der Waals surface area contributed by atoms with Crippen LogP contribution in [0.25, 0.3) is 0 Å². The monoisotopic (exact) mass is 276 g/mol. The normalized spacial score (nSPS) is 15.4. The molecule has 0 fully saturated rings. The number of rotatable bonds is 6. The van der Waals surface area contributed by atoms with Crippen LogP contribution in [0.1, 0.15) is 20.3 Å². The first kappa shape index (κ1) is 14.1. The zero-order chi connectivity index (χ0) is 13.1. The smallest absolute Gasteiger partial charge is 0.250 e. The summed E-state index contributed by atoms with van der Waals surface area (Å²) in [6.45, 7) is 3.66. The van der Waals surface area contributed by atoms with Gasteiger partial charge < -0.3 is 5.73 Å². The molecule has 1 aromatic rings. The van der Waals surface area contributed by atoms with Crippen LogP contribution in [-0.2, 0) is 14.8 Å². The summed E-state index contributed by atoms with van der Waals surface area (Å²) in [7, 11) is -3.65. The lowest BCUT2D eigenvalue weighted by Crippen LogP contribution is -2.48. The summed E-state index contributed by atoms with van der Waals surface area (Å²) in [4.78, 5) is 11.2. The molecule has 3 N–H and O–H groups in total. The molecular weight excluding hydrogens is 260 g/mol. The quantitative estimate of drug-likeness (QED) is 0.810. The van der Waals surface area contributed by atoms with E-state index in [1.807, 2.05) is 6.92 Å². The third-order valence-electron chi connectivity index (χ3n) is 2.56. The van der Waals surface area contributed by atoms with Gasteiger partial charge in [-0.05, 0) is 17.4 Å². The third-order valence-corrected chi connectivity index (χ3v) is 5.40. The fraction of sp³-hybridized carbons (Fsp3) is 0.500. The molecule has 17 heavy (non-hydrogen) atoms. The van der Waals surface area contributed by atoms with Gasteiger partial charge in [0, 0.05) is 0 Å².